The smallest absolute Gasteiger partial charge is 0.0618 e. The van der Waals surface area contributed by atoms with Crippen LogP contribution in [0.25, 0.3) is 0 Å². The molecule has 3 heteroatoms. The van der Waals surface area contributed by atoms with Gasteiger partial charge in [-0.15, -0.1) is 0 Å². The van der Waals surface area contributed by atoms with E-state index in [9.17, 15) is 0 Å². The second-order valence-corrected chi connectivity index (χ2v) is 5.62. The van der Waals surface area contributed by atoms with Crippen LogP contribution < -0.4 is 5.32 Å². The predicted octanol–water partition coefficient (Wildman–Crippen LogP) is 1.48. The fourth-order valence-electron chi connectivity index (χ4n) is 2.74. The largest absolute Gasteiger partial charge is 0.383 e. The Bertz CT molecular complexity index is 218. The van der Waals surface area contributed by atoms with E-state index in [1.54, 1.807) is 0 Å². The minimum absolute atomic E-state index is 0.602. The number of nitrogens with zero attached hydrogens (tertiary/aromatic N) is 1. The van der Waals surface area contributed by atoms with Gasteiger partial charge < -0.3 is 15.0 Å². The van der Waals surface area contributed by atoms with Gasteiger partial charge >= 0.3 is 0 Å². The molecular weight excluding hydrogens is 200 g/mol. The first-order valence-electron chi connectivity index (χ1n) is 6.66. The third kappa shape index (κ3) is 3.19. The Morgan fingerprint density at radius 3 is 2.69 bits per heavy atom. The van der Waals surface area contributed by atoms with Crippen molar-refractivity contribution >= 4 is 0 Å². The topological polar surface area (TPSA) is 24.5 Å². The molecule has 2 rings (SSSR count). The first-order chi connectivity index (χ1) is 7.70. The van der Waals surface area contributed by atoms with Gasteiger partial charge in [0.25, 0.3) is 0 Å². The fourth-order valence-corrected chi connectivity index (χ4v) is 2.74. The summed E-state index contributed by atoms with van der Waals surface area (Å²) in [4.78, 5) is 2.46. The molecule has 0 radical (unpaired) electrons. The molecule has 3 unspecified atom stereocenters. The highest BCUT2D eigenvalue weighted by atomic mass is 16.5. The van der Waals surface area contributed by atoms with E-state index in [0.717, 1.165) is 12.5 Å². The van der Waals surface area contributed by atoms with Crippen LogP contribution in [0.5, 0.6) is 0 Å². The maximum atomic E-state index is 5.32. The number of likely N-dealkylation sites (tertiary alicyclic amines) is 1. The Morgan fingerprint density at radius 1 is 1.38 bits per heavy atom. The maximum absolute atomic E-state index is 5.32. The normalized spacial score (nSPS) is 33.9. The molecule has 2 fully saturated rings. The zero-order chi connectivity index (χ0) is 11.5. The maximum Gasteiger partial charge on any atom is 0.0618 e. The van der Waals surface area contributed by atoms with Crippen LogP contribution in [0.4, 0.5) is 0 Å². The standard InChI is InChI=1S/C13H26N2O/c1-10-8-12(6-7-15(10)2)14-13(9-16-3)11-4-5-11/h10-14H,4-9H2,1-3H3. The molecule has 16 heavy (non-hydrogen) atoms. The van der Waals surface area contributed by atoms with E-state index < -0.39 is 0 Å². The van der Waals surface area contributed by atoms with E-state index in [1.165, 1.54) is 32.2 Å². The molecule has 1 aliphatic carbocycles. The van der Waals surface area contributed by atoms with Gasteiger partial charge in [0.15, 0.2) is 0 Å². The summed E-state index contributed by atoms with van der Waals surface area (Å²) in [5, 5.41) is 3.82. The number of methoxy groups -OCH3 is 1. The first-order valence-corrected chi connectivity index (χ1v) is 6.66. The summed E-state index contributed by atoms with van der Waals surface area (Å²) in [6, 6.07) is 2.02. The Balaban J connectivity index is 1.78. The second kappa shape index (κ2) is 5.48. The van der Waals surface area contributed by atoms with Crippen LogP contribution in [0, 0.1) is 5.92 Å². The first kappa shape index (κ1) is 12.3. The molecular formula is C13H26N2O. The summed E-state index contributed by atoms with van der Waals surface area (Å²) in [5.74, 6) is 0.884. The van der Waals surface area contributed by atoms with Crippen molar-refractivity contribution in [3.63, 3.8) is 0 Å². The molecule has 3 nitrogen and oxygen atoms in total. The lowest BCUT2D eigenvalue weighted by atomic mass is 9.97. The van der Waals surface area contributed by atoms with Crippen LogP contribution in [0.15, 0.2) is 0 Å². The quantitative estimate of drug-likeness (QED) is 0.768. The minimum Gasteiger partial charge on any atom is -0.383 e. The molecule has 0 bridgehead atoms. The highest BCUT2D eigenvalue weighted by Gasteiger charge is 2.33. The molecule has 0 aromatic carbocycles. The highest BCUT2D eigenvalue weighted by molar-refractivity contribution is 4.90. The highest BCUT2D eigenvalue weighted by Crippen LogP contribution is 2.33. The lowest BCUT2D eigenvalue weighted by Gasteiger charge is -2.37. The van der Waals surface area contributed by atoms with Gasteiger partial charge in [0.1, 0.15) is 0 Å². The van der Waals surface area contributed by atoms with Crippen LogP contribution in [0.3, 0.4) is 0 Å². The number of piperidine rings is 1. The van der Waals surface area contributed by atoms with Gasteiger partial charge in [-0.3, -0.25) is 0 Å². The van der Waals surface area contributed by atoms with Crippen molar-refractivity contribution in [2.75, 3.05) is 27.3 Å². The van der Waals surface area contributed by atoms with Crippen molar-refractivity contribution in [3.8, 4) is 0 Å². The summed E-state index contributed by atoms with van der Waals surface area (Å²) in [6.45, 7) is 4.44. The minimum atomic E-state index is 0.602. The van der Waals surface area contributed by atoms with Crippen LogP contribution in [0.1, 0.15) is 32.6 Å². The number of nitrogens with one attached hydrogen (secondary N) is 1. The molecule has 2 aliphatic rings. The van der Waals surface area contributed by atoms with Crippen LogP contribution in [0.2, 0.25) is 0 Å². The Kier molecular flexibility index (Phi) is 4.22. The third-order valence-corrected chi connectivity index (χ3v) is 4.20. The SMILES string of the molecule is COCC(NC1CCN(C)C(C)C1)C1CC1. The van der Waals surface area contributed by atoms with Gasteiger partial charge in [-0.25, -0.2) is 0 Å². The lowest BCUT2D eigenvalue weighted by Crippen LogP contribution is -2.50. The van der Waals surface area contributed by atoms with Crippen LogP contribution in [-0.2, 0) is 4.74 Å². The molecule has 1 saturated heterocycles. The summed E-state index contributed by atoms with van der Waals surface area (Å²) in [5.41, 5.74) is 0. The molecule has 1 saturated carbocycles. The van der Waals surface area contributed by atoms with Gasteiger partial charge in [-0.2, -0.15) is 0 Å². The molecule has 94 valence electrons. The van der Waals surface area contributed by atoms with Crippen molar-refractivity contribution in [2.24, 2.45) is 5.92 Å². The van der Waals surface area contributed by atoms with Crippen molar-refractivity contribution in [3.05, 3.63) is 0 Å². The predicted molar refractivity (Wildman–Crippen MR) is 66.6 cm³/mol. The van der Waals surface area contributed by atoms with Gasteiger partial charge in [0.05, 0.1) is 6.61 Å². The van der Waals surface area contributed by atoms with Crippen molar-refractivity contribution in [2.45, 2.75) is 50.7 Å². The second-order valence-electron chi connectivity index (χ2n) is 5.62. The summed E-state index contributed by atoms with van der Waals surface area (Å²) < 4.78 is 5.32. The zero-order valence-corrected chi connectivity index (χ0v) is 10.9. The van der Waals surface area contributed by atoms with Crippen molar-refractivity contribution in [1.82, 2.24) is 10.2 Å². The van der Waals surface area contributed by atoms with E-state index in [-0.39, 0.29) is 0 Å². The lowest BCUT2D eigenvalue weighted by molar-refractivity contribution is 0.123. The molecule has 1 N–H and O–H groups in total. The number of hydrogen-bond acceptors (Lipinski definition) is 3. The Labute approximate surface area is 99.5 Å². The molecule has 0 aromatic heterocycles. The number of ether oxygens (including phenoxy) is 1. The third-order valence-electron chi connectivity index (χ3n) is 4.20. The molecule has 0 spiro atoms. The molecule has 1 aliphatic heterocycles. The molecule has 0 amide bonds. The van der Waals surface area contributed by atoms with Crippen LogP contribution >= 0.6 is 0 Å². The summed E-state index contributed by atoms with van der Waals surface area (Å²) in [7, 11) is 4.04. The fraction of sp³-hybridized carbons (Fsp3) is 1.00. The average Bonchev–Trinajstić information content (AvgIpc) is 3.06. The Morgan fingerprint density at radius 2 is 2.12 bits per heavy atom. The number of hydrogen-bond donors (Lipinski definition) is 1. The van der Waals surface area contributed by atoms with E-state index in [4.69, 9.17) is 4.74 Å². The zero-order valence-electron chi connectivity index (χ0n) is 10.9. The molecule has 1 heterocycles. The molecule has 0 aromatic rings. The summed E-state index contributed by atoms with van der Waals surface area (Å²) in [6.07, 6.45) is 5.35. The van der Waals surface area contributed by atoms with Gasteiger partial charge in [0, 0.05) is 25.2 Å². The monoisotopic (exact) mass is 226 g/mol. The van der Waals surface area contributed by atoms with Crippen molar-refractivity contribution < 1.29 is 4.74 Å². The van der Waals surface area contributed by atoms with E-state index in [1.807, 2.05) is 7.11 Å². The van der Waals surface area contributed by atoms with E-state index >= 15 is 0 Å². The van der Waals surface area contributed by atoms with Crippen LogP contribution in [-0.4, -0.2) is 50.3 Å². The van der Waals surface area contributed by atoms with Crippen molar-refractivity contribution in [1.29, 1.82) is 0 Å². The van der Waals surface area contributed by atoms with Gasteiger partial charge in [-0.1, -0.05) is 0 Å². The number of rotatable bonds is 5. The average molecular weight is 226 g/mol. The van der Waals surface area contributed by atoms with Gasteiger partial charge in [-0.05, 0) is 52.1 Å². The molecule has 3 atom stereocenters. The van der Waals surface area contributed by atoms with E-state index in [0.29, 0.717) is 18.1 Å². The summed E-state index contributed by atoms with van der Waals surface area (Å²) >= 11 is 0. The van der Waals surface area contributed by atoms with E-state index in [2.05, 4.69) is 24.2 Å². The van der Waals surface area contributed by atoms with Gasteiger partial charge in [0.2, 0.25) is 0 Å². The Hall–Kier alpha value is -0.120.